The number of benzene rings is 2. The summed E-state index contributed by atoms with van der Waals surface area (Å²) in [6.07, 6.45) is 1.05. The molecule has 1 atom stereocenters. The first kappa shape index (κ1) is 11.5. The Kier molecular flexibility index (Phi) is 3.47. The van der Waals surface area contributed by atoms with Crippen molar-refractivity contribution in [1.29, 1.82) is 0 Å². The van der Waals surface area contributed by atoms with Crippen LogP contribution in [0.25, 0.3) is 0 Å². The highest BCUT2D eigenvalue weighted by Crippen LogP contribution is 2.25. The SMILES string of the molecule is c1ccc(CC2CSC(c3ccccc3)=N2)cc1. The van der Waals surface area contributed by atoms with Crippen LogP contribution in [0.15, 0.2) is 65.7 Å². The van der Waals surface area contributed by atoms with Gasteiger partial charge in [0.2, 0.25) is 0 Å². The second kappa shape index (κ2) is 5.40. The molecule has 2 aromatic carbocycles. The van der Waals surface area contributed by atoms with Gasteiger partial charge >= 0.3 is 0 Å². The van der Waals surface area contributed by atoms with Gasteiger partial charge in [-0.15, -0.1) is 11.8 Å². The van der Waals surface area contributed by atoms with Gasteiger partial charge < -0.3 is 0 Å². The maximum atomic E-state index is 4.83. The van der Waals surface area contributed by atoms with Crippen LogP contribution < -0.4 is 0 Å². The molecule has 0 bridgehead atoms. The van der Waals surface area contributed by atoms with Crippen LogP contribution >= 0.6 is 11.8 Å². The van der Waals surface area contributed by atoms with Crippen molar-refractivity contribution < 1.29 is 0 Å². The van der Waals surface area contributed by atoms with Gasteiger partial charge in [0.1, 0.15) is 0 Å². The van der Waals surface area contributed by atoms with E-state index in [-0.39, 0.29) is 0 Å². The normalized spacial score (nSPS) is 18.7. The number of hydrogen-bond donors (Lipinski definition) is 0. The van der Waals surface area contributed by atoms with Gasteiger partial charge in [-0.25, -0.2) is 0 Å². The molecule has 0 N–H and O–H groups in total. The van der Waals surface area contributed by atoms with Crippen molar-refractivity contribution in [1.82, 2.24) is 0 Å². The molecule has 1 heterocycles. The highest BCUT2D eigenvalue weighted by molar-refractivity contribution is 8.14. The van der Waals surface area contributed by atoms with Gasteiger partial charge in [0.15, 0.2) is 0 Å². The van der Waals surface area contributed by atoms with Crippen LogP contribution in [0, 0.1) is 0 Å². The van der Waals surface area contributed by atoms with E-state index < -0.39 is 0 Å². The molecular formula is C16H15NS. The molecule has 1 unspecified atom stereocenters. The zero-order valence-corrected chi connectivity index (χ0v) is 10.9. The number of aliphatic imine (C=N–C) groups is 1. The van der Waals surface area contributed by atoms with Gasteiger partial charge in [-0.1, -0.05) is 60.7 Å². The molecule has 0 amide bonds. The molecule has 0 saturated carbocycles. The Morgan fingerprint density at radius 3 is 2.33 bits per heavy atom. The lowest BCUT2D eigenvalue weighted by atomic mass is 10.1. The van der Waals surface area contributed by atoms with E-state index in [1.165, 1.54) is 16.2 Å². The lowest BCUT2D eigenvalue weighted by Gasteiger charge is -2.04. The van der Waals surface area contributed by atoms with Crippen molar-refractivity contribution in [2.75, 3.05) is 5.75 Å². The molecule has 1 nitrogen and oxygen atoms in total. The minimum absolute atomic E-state index is 0.424. The van der Waals surface area contributed by atoms with Gasteiger partial charge in [0.25, 0.3) is 0 Å². The molecule has 0 saturated heterocycles. The fourth-order valence-corrected chi connectivity index (χ4v) is 3.21. The summed E-state index contributed by atoms with van der Waals surface area (Å²) in [5.74, 6) is 1.10. The molecular weight excluding hydrogens is 238 g/mol. The molecule has 18 heavy (non-hydrogen) atoms. The first-order chi connectivity index (χ1) is 8.92. The summed E-state index contributed by atoms with van der Waals surface area (Å²) in [5.41, 5.74) is 2.62. The summed E-state index contributed by atoms with van der Waals surface area (Å²) in [7, 11) is 0. The highest BCUT2D eigenvalue weighted by Gasteiger charge is 2.19. The van der Waals surface area contributed by atoms with Crippen LogP contribution in [0.1, 0.15) is 11.1 Å². The zero-order chi connectivity index (χ0) is 12.2. The molecule has 1 aliphatic heterocycles. The highest BCUT2D eigenvalue weighted by atomic mass is 32.2. The predicted octanol–water partition coefficient (Wildman–Crippen LogP) is 3.79. The Morgan fingerprint density at radius 1 is 0.944 bits per heavy atom. The maximum Gasteiger partial charge on any atom is 0.0981 e. The quantitative estimate of drug-likeness (QED) is 0.810. The molecule has 2 aromatic rings. The van der Waals surface area contributed by atoms with Crippen LogP contribution in [-0.2, 0) is 6.42 Å². The van der Waals surface area contributed by atoms with E-state index in [1.54, 1.807) is 0 Å². The Labute approximate surface area is 112 Å². The molecule has 1 aliphatic rings. The minimum Gasteiger partial charge on any atom is -0.273 e. The van der Waals surface area contributed by atoms with E-state index in [1.807, 2.05) is 17.8 Å². The molecule has 0 aliphatic carbocycles. The van der Waals surface area contributed by atoms with E-state index in [2.05, 4.69) is 54.6 Å². The zero-order valence-electron chi connectivity index (χ0n) is 10.1. The standard InChI is InChI=1S/C16H15NS/c1-3-7-13(8-4-1)11-15-12-18-16(17-15)14-9-5-2-6-10-14/h1-10,15H,11-12H2. The summed E-state index contributed by atoms with van der Waals surface area (Å²) in [6.45, 7) is 0. The predicted molar refractivity (Wildman–Crippen MR) is 79.4 cm³/mol. The molecule has 0 spiro atoms. The van der Waals surface area contributed by atoms with Crippen molar-refractivity contribution >= 4 is 16.8 Å². The van der Waals surface area contributed by atoms with E-state index in [0.29, 0.717) is 6.04 Å². The molecule has 90 valence electrons. The second-order valence-electron chi connectivity index (χ2n) is 4.45. The van der Waals surface area contributed by atoms with E-state index in [0.717, 1.165) is 12.2 Å². The maximum absolute atomic E-state index is 4.83. The van der Waals surface area contributed by atoms with Crippen LogP contribution in [0.4, 0.5) is 0 Å². The monoisotopic (exact) mass is 253 g/mol. The topological polar surface area (TPSA) is 12.4 Å². The van der Waals surface area contributed by atoms with E-state index >= 15 is 0 Å². The molecule has 2 heteroatoms. The third-order valence-electron chi connectivity index (χ3n) is 3.05. The third-order valence-corrected chi connectivity index (χ3v) is 4.21. The van der Waals surface area contributed by atoms with Crippen molar-refractivity contribution in [2.45, 2.75) is 12.5 Å². The summed E-state index contributed by atoms with van der Waals surface area (Å²) in [6, 6.07) is 21.5. The summed E-state index contributed by atoms with van der Waals surface area (Å²) >= 11 is 1.87. The van der Waals surface area contributed by atoms with E-state index in [9.17, 15) is 0 Å². The Morgan fingerprint density at radius 2 is 1.61 bits per heavy atom. The van der Waals surface area contributed by atoms with Crippen LogP contribution in [0.3, 0.4) is 0 Å². The number of nitrogens with zero attached hydrogens (tertiary/aromatic N) is 1. The number of thioether (sulfide) groups is 1. The van der Waals surface area contributed by atoms with Crippen molar-refractivity contribution in [3.8, 4) is 0 Å². The Hall–Kier alpha value is -1.54. The van der Waals surface area contributed by atoms with Gasteiger partial charge in [-0.2, -0.15) is 0 Å². The van der Waals surface area contributed by atoms with Gasteiger partial charge in [0, 0.05) is 11.3 Å². The molecule has 3 rings (SSSR count). The fourth-order valence-electron chi connectivity index (χ4n) is 2.14. The lowest BCUT2D eigenvalue weighted by molar-refractivity contribution is 0.763. The summed E-state index contributed by atoms with van der Waals surface area (Å²) < 4.78 is 0. The molecule has 0 radical (unpaired) electrons. The van der Waals surface area contributed by atoms with Crippen molar-refractivity contribution in [3.63, 3.8) is 0 Å². The Bertz CT molecular complexity index is 534. The first-order valence-electron chi connectivity index (χ1n) is 6.22. The minimum atomic E-state index is 0.424. The number of rotatable bonds is 3. The Balaban J connectivity index is 1.73. The van der Waals surface area contributed by atoms with Gasteiger partial charge in [-0.05, 0) is 12.0 Å². The molecule has 0 fully saturated rings. The summed E-state index contributed by atoms with van der Waals surface area (Å²) in [4.78, 5) is 4.83. The van der Waals surface area contributed by atoms with Crippen LogP contribution in [0.5, 0.6) is 0 Å². The van der Waals surface area contributed by atoms with Gasteiger partial charge in [0.05, 0.1) is 11.1 Å². The number of hydrogen-bond acceptors (Lipinski definition) is 2. The van der Waals surface area contributed by atoms with E-state index in [4.69, 9.17) is 4.99 Å². The van der Waals surface area contributed by atoms with Crippen molar-refractivity contribution in [3.05, 3.63) is 71.8 Å². The van der Waals surface area contributed by atoms with Gasteiger partial charge in [-0.3, -0.25) is 4.99 Å². The van der Waals surface area contributed by atoms with Crippen LogP contribution in [-0.4, -0.2) is 16.8 Å². The average molecular weight is 253 g/mol. The average Bonchev–Trinajstić information content (AvgIpc) is 2.89. The smallest absolute Gasteiger partial charge is 0.0981 e. The third kappa shape index (κ3) is 2.65. The summed E-state index contributed by atoms with van der Waals surface area (Å²) in [5, 5.41) is 1.19. The van der Waals surface area contributed by atoms with Crippen LogP contribution in [0.2, 0.25) is 0 Å². The second-order valence-corrected chi connectivity index (χ2v) is 5.46. The fraction of sp³-hybridized carbons (Fsp3) is 0.188. The van der Waals surface area contributed by atoms with Crippen molar-refractivity contribution in [2.24, 2.45) is 4.99 Å². The molecule has 0 aromatic heterocycles. The first-order valence-corrected chi connectivity index (χ1v) is 7.20. The lowest BCUT2D eigenvalue weighted by Crippen LogP contribution is -2.07. The largest absolute Gasteiger partial charge is 0.273 e.